The second-order valence-electron chi connectivity index (χ2n) is 7.22. The number of nitrogens with one attached hydrogen (secondary N) is 2. The first kappa shape index (κ1) is 24.7. The fraction of sp³-hybridized carbons (Fsp3) is 0.174. The quantitative estimate of drug-likeness (QED) is 0.335. The maximum absolute atomic E-state index is 13.6. The third-order valence-corrected chi connectivity index (χ3v) is 4.79. The van der Waals surface area contributed by atoms with Gasteiger partial charge < -0.3 is 10.6 Å². The van der Waals surface area contributed by atoms with Crippen LogP contribution in [0.15, 0.2) is 66.9 Å². The van der Waals surface area contributed by atoms with Crippen molar-refractivity contribution in [2.45, 2.75) is 25.3 Å². The highest BCUT2D eigenvalue weighted by atomic mass is 19.4. The first-order chi connectivity index (χ1) is 15.9. The number of aromatic nitrogens is 1. The van der Waals surface area contributed by atoms with Gasteiger partial charge in [0.05, 0.1) is 22.9 Å². The number of nitrogens with zero attached hydrogens (tertiary/aromatic N) is 1. The molecule has 0 spiro atoms. The van der Waals surface area contributed by atoms with Gasteiger partial charge in [0.2, 0.25) is 0 Å². The second-order valence-corrected chi connectivity index (χ2v) is 7.22. The molecule has 0 bridgehead atoms. The number of hydrogen-bond acceptors (Lipinski definition) is 3. The van der Waals surface area contributed by atoms with Crippen molar-refractivity contribution in [1.82, 2.24) is 10.3 Å². The fourth-order valence-electron chi connectivity index (χ4n) is 3.18. The predicted octanol–water partition coefficient (Wildman–Crippen LogP) is 6.23. The molecule has 2 aromatic carbocycles. The van der Waals surface area contributed by atoms with Gasteiger partial charge in [0, 0.05) is 17.4 Å². The molecule has 0 fully saturated rings. The van der Waals surface area contributed by atoms with E-state index in [4.69, 9.17) is 0 Å². The fourth-order valence-corrected chi connectivity index (χ4v) is 3.18. The SMILES string of the molecule is CC(=O)c1cccc(NC(=O)N[C@@H](c2ccc(C(F)(F)F)cc2)c2ncccc2C(F)(F)F)c1. The number of carbonyl (C=O) groups excluding carboxylic acids is 2. The van der Waals surface area contributed by atoms with Gasteiger partial charge in [-0.3, -0.25) is 9.78 Å². The lowest BCUT2D eigenvalue weighted by Gasteiger charge is -2.23. The number of urea groups is 1. The summed E-state index contributed by atoms with van der Waals surface area (Å²) < 4.78 is 79.6. The summed E-state index contributed by atoms with van der Waals surface area (Å²) >= 11 is 0. The van der Waals surface area contributed by atoms with Gasteiger partial charge >= 0.3 is 18.4 Å². The lowest BCUT2D eigenvalue weighted by molar-refractivity contribution is -0.139. The summed E-state index contributed by atoms with van der Waals surface area (Å²) in [6.07, 6.45) is -8.40. The Bertz CT molecular complexity index is 1190. The van der Waals surface area contributed by atoms with E-state index in [9.17, 15) is 35.9 Å². The van der Waals surface area contributed by atoms with Crippen LogP contribution >= 0.6 is 0 Å². The van der Waals surface area contributed by atoms with Crippen LogP contribution < -0.4 is 10.6 Å². The van der Waals surface area contributed by atoms with Gasteiger partial charge in [-0.05, 0) is 48.9 Å². The Kier molecular flexibility index (Phi) is 6.94. The van der Waals surface area contributed by atoms with Gasteiger partial charge in [0.1, 0.15) is 0 Å². The molecule has 0 aliphatic heterocycles. The molecule has 178 valence electrons. The molecule has 3 aromatic rings. The molecule has 1 heterocycles. The van der Waals surface area contributed by atoms with Crippen molar-refractivity contribution in [1.29, 1.82) is 0 Å². The zero-order valence-electron chi connectivity index (χ0n) is 17.5. The third kappa shape index (κ3) is 5.91. The van der Waals surface area contributed by atoms with E-state index >= 15 is 0 Å². The minimum atomic E-state index is -4.83. The van der Waals surface area contributed by atoms with Crippen LogP contribution in [0.5, 0.6) is 0 Å². The number of ketones is 1. The zero-order valence-corrected chi connectivity index (χ0v) is 17.5. The highest BCUT2D eigenvalue weighted by Gasteiger charge is 2.37. The molecule has 0 saturated heterocycles. The maximum Gasteiger partial charge on any atom is 0.418 e. The number of rotatable bonds is 5. The largest absolute Gasteiger partial charge is 0.418 e. The van der Waals surface area contributed by atoms with E-state index in [-0.39, 0.29) is 17.0 Å². The summed E-state index contributed by atoms with van der Waals surface area (Å²) in [6.45, 7) is 1.32. The molecular formula is C23H17F6N3O2. The van der Waals surface area contributed by atoms with Crippen LogP contribution in [0, 0.1) is 0 Å². The number of carbonyl (C=O) groups is 2. The number of halogens is 6. The number of amides is 2. The molecule has 2 N–H and O–H groups in total. The minimum Gasteiger partial charge on any atom is -0.325 e. The van der Waals surface area contributed by atoms with E-state index in [2.05, 4.69) is 15.6 Å². The van der Waals surface area contributed by atoms with Crippen LogP contribution in [0.4, 0.5) is 36.8 Å². The average molecular weight is 481 g/mol. The number of hydrogen-bond donors (Lipinski definition) is 2. The Morgan fingerprint density at radius 1 is 0.882 bits per heavy atom. The van der Waals surface area contributed by atoms with E-state index in [1.165, 1.54) is 31.2 Å². The van der Waals surface area contributed by atoms with Crippen LogP contribution in [0.25, 0.3) is 0 Å². The van der Waals surface area contributed by atoms with Gasteiger partial charge in [-0.25, -0.2) is 4.79 Å². The summed E-state index contributed by atoms with van der Waals surface area (Å²) in [5, 5.41) is 4.75. The Balaban J connectivity index is 1.98. The summed E-state index contributed by atoms with van der Waals surface area (Å²) in [7, 11) is 0. The summed E-state index contributed by atoms with van der Waals surface area (Å²) in [4.78, 5) is 27.9. The number of Topliss-reactive ketones (excluding diaryl/α,β-unsaturated/α-hetero) is 1. The second kappa shape index (κ2) is 9.54. The molecule has 1 aromatic heterocycles. The third-order valence-electron chi connectivity index (χ3n) is 4.79. The molecular weight excluding hydrogens is 464 g/mol. The molecule has 34 heavy (non-hydrogen) atoms. The summed E-state index contributed by atoms with van der Waals surface area (Å²) in [6, 6.07) is 8.53. The molecule has 11 heteroatoms. The van der Waals surface area contributed by atoms with Crippen LogP contribution in [-0.2, 0) is 12.4 Å². The standard InChI is InChI=1S/C23H17F6N3O2/c1-13(33)15-4-2-5-17(12-15)31-21(34)32-19(14-7-9-16(10-8-14)22(24,25)26)20-18(23(27,28)29)6-3-11-30-20/h2-12,19H,1H3,(H2,31,32,34)/t19-/m0/s1. The van der Waals surface area contributed by atoms with Gasteiger partial charge in [0.15, 0.2) is 5.78 Å². The lowest BCUT2D eigenvalue weighted by atomic mass is 9.98. The van der Waals surface area contributed by atoms with Gasteiger partial charge in [-0.1, -0.05) is 24.3 Å². The highest BCUT2D eigenvalue weighted by Crippen LogP contribution is 2.36. The molecule has 3 rings (SSSR count). The average Bonchev–Trinajstić information content (AvgIpc) is 2.76. The molecule has 5 nitrogen and oxygen atoms in total. The Morgan fingerprint density at radius 2 is 1.56 bits per heavy atom. The minimum absolute atomic E-state index is 0.0511. The van der Waals surface area contributed by atoms with Crippen LogP contribution in [0.3, 0.4) is 0 Å². The van der Waals surface area contributed by atoms with E-state index in [1.807, 2.05) is 0 Å². The van der Waals surface area contributed by atoms with Crippen molar-refractivity contribution in [3.05, 3.63) is 94.8 Å². The van der Waals surface area contributed by atoms with E-state index in [0.29, 0.717) is 17.7 Å². The number of anilines is 1. The van der Waals surface area contributed by atoms with E-state index < -0.39 is 41.2 Å². The Morgan fingerprint density at radius 3 is 2.15 bits per heavy atom. The number of benzene rings is 2. The number of pyridine rings is 1. The molecule has 1 atom stereocenters. The smallest absolute Gasteiger partial charge is 0.325 e. The molecule has 0 aliphatic rings. The Hall–Kier alpha value is -3.89. The number of alkyl halides is 6. The van der Waals surface area contributed by atoms with Crippen LogP contribution in [-0.4, -0.2) is 16.8 Å². The monoisotopic (exact) mass is 481 g/mol. The highest BCUT2D eigenvalue weighted by molar-refractivity contribution is 5.96. The first-order valence-corrected chi connectivity index (χ1v) is 9.74. The van der Waals surface area contributed by atoms with Crippen molar-refractivity contribution < 1.29 is 35.9 Å². The maximum atomic E-state index is 13.6. The normalized spacial score (nSPS) is 12.7. The molecule has 0 saturated carbocycles. The topological polar surface area (TPSA) is 71.1 Å². The van der Waals surface area contributed by atoms with E-state index in [1.54, 1.807) is 0 Å². The lowest BCUT2D eigenvalue weighted by Crippen LogP contribution is -2.35. The molecule has 2 amide bonds. The van der Waals surface area contributed by atoms with Gasteiger partial charge in [-0.15, -0.1) is 0 Å². The predicted molar refractivity (Wildman–Crippen MR) is 111 cm³/mol. The van der Waals surface area contributed by atoms with Crippen molar-refractivity contribution in [3.63, 3.8) is 0 Å². The van der Waals surface area contributed by atoms with Crippen LogP contribution in [0.1, 0.15) is 45.7 Å². The van der Waals surface area contributed by atoms with Gasteiger partial charge in [-0.2, -0.15) is 26.3 Å². The van der Waals surface area contributed by atoms with Crippen molar-refractivity contribution in [2.75, 3.05) is 5.32 Å². The van der Waals surface area contributed by atoms with E-state index in [0.717, 1.165) is 30.5 Å². The molecule has 0 unspecified atom stereocenters. The van der Waals surface area contributed by atoms with Gasteiger partial charge in [0.25, 0.3) is 0 Å². The summed E-state index contributed by atoms with van der Waals surface area (Å²) in [5.41, 5.74) is -2.32. The summed E-state index contributed by atoms with van der Waals surface area (Å²) in [5.74, 6) is -0.269. The molecule has 0 radical (unpaired) electrons. The molecule has 0 aliphatic carbocycles. The van der Waals surface area contributed by atoms with Crippen molar-refractivity contribution in [2.24, 2.45) is 0 Å². The van der Waals surface area contributed by atoms with Crippen LogP contribution in [0.2, 0.25) is 0 Å². The van der Waals surface area contributed by atoms with Crippen molar-refractivity contribution >= 4 is 17.5 Å². The zero-order chi connectivity index (χ0) is 25.1. The first-order valence-electron chi connectivity index (χ1n) is 9.74. The van der Waals surface area contributed by atoms with Crippen molar-refractivity contribution in [3.8, 4) is 0 Å². The Labute approximate surface area is 189 Å².